The molecule has 4 rings (SSSR count). The number of benzene rings is 2. The van der Waals surface area contributed by atoms with Gasteiger partial charge in [-0.1, -0.05) is 47.7 Å². The molecule has 0 radical (unpaired) electrons. The Hall–Kier alpha value is -3.22. The molecule has 1 aliphatic heterocycles. The van der Waals surface area contributed by atoms with E-state index in [-0.39, 0.29) is 19.1 Å². The van der Waals surface area contributed by atoms with Gasteiger partial charge in [-0.05, 0) is 42.9 Å². The number of esters is 1. The SMILES string of the molecule is O=C(Cn1nnc2ccccc21)OCC(=O)N1CCC(Cc2ccccc2)CC1. The van der Waals surface area contributed by atoms with Crippen LogP contribution >= 0.6 is 0 Å². The molecule has 1 fully saturated rings. The molecule has 7 nitrogen and oxygen atoms in total. The summed E-state index contributed by atoms with van der Waals surface area (Å²) >= 11 is 0. The van der Waals surface area contributed by atoms with E-state index in [1.54, 1.807) is 4.90 Å². The summed E-state index contributed by atoms with van der Waals surface area (Å²) in [5.41, 5.74) is 2.82. The van der Waals surface area contributed by atoms with E-state index in [2.05, 4.69) is 34.6 Å². The van der Waals surface area contributed by atoms with E-state index in [1.165, 1.54) is 10.2 Å². The van der Waals surface area contributed by atoms with Gasteiger partial charge in [0.2, 0.25) is 0 Å². The van der Waals surface area contributed by atoms with Gasteiger partial charge in [0.15, 0.2) is 6.61 Å². The van der Waals surface area contributed by atoms with E-state index in [0.717, 1.165) is 30.3 Å². The predicted molar refractivity (Wildman–Crippen MR) is 108 cm³/mol. The molecule has 29 heavy (non-hydrogen) atoms. The number of amides is 1. The van der Waals surface area contributed by atoms with Gasteiger partial charge in [0, 0.05) is 13.1 Å². The van der Waals surface area contributed by atoms with Crippen LogP contribution in [0, 0.1) is 5.92 Å². The molecule has 2 heterocycles. The van der Waals surface area contributed by atoms with E-state index in [4.69, 9.17) is 4.74 Å². The molecule has 0 spiro atoms. The van der Waals surface area contributed by atoms with Crippen molar-refractivity contribution < 1.29 is 14.3 Å². The van der Waals surface area contributed by atoms with Gasteiger partial charge in [0.1, 0.15) is 12.1 Å². The van der Waals surface area contributed by atoms with Gasteiger partial charge < -0.3 is 9.64 Å². The molecule has 150 valence electrons. The van der Waals surface area contributed by atoms with Gasteiger partial charge in [-0.3, -0.25) is 9.59 Å². The fourth-order valence-electron chi connectivity index (χ4n) is 3.77. The fourth-order valence-corrected chi connectivity index (χ4v) is 3.77. The summed E-state index contributed by atoms with van der Waals surface area (Å²) in [6, 6.07) is 17.8. The molecule has 2 aromatic carbocycles. The highest BCUT2D eigenvalue weighted by molar-refractivity contribution is 5.81. The first-order valence-electron chi connectivity index (χ1n) is 9.94. The number of carbonyl (C=O) groups is 2. The van der Waals surface area contributed by atoms with Crippen molar-refractivity contribution in [3.63, 3.8) is 0 Å². The highest BCUT2D eigenvalue weighted by atomic mass is 16.5. The van der Waals surface area contributed by atoms with Gasteiger partial charge >= 0.3 is 5.97 Å². The molecule has 0 atom stereocenters. The number of piperidine rings is 1. The van der Waals surface area contributed by atoms with Gasteiger partial charge in [0.05, 0.1) is 5.52 Å². The lowest BCUT2D eigenvalue weighted by atomic mass is 9.90. The largest absolute Gasteiger partial charge is 0.454 e. The molecule has 3 aromatic rings. The zero-order chi connectivity index (χ0) is 20.1. The monoisotopic (exact) mass is 392 g/mol. The third-order valence-corrected chi connectivity index (χ3v) is 5.39. The van der Waals surface area contributed by atoms with E-state index >= 15 is 0 Å². The molecule has 0 bridgehead atoms. The number of para-hydroxylation sites is 1. The number of hydrogen-bond donors (Lipinski definition) is 0. The van der Waals surface area contributed by atoms with Crippen molar-refractivity contribution in [2.75, 3.05) is 19.7 Å². The molecule has 1 saturated heterocycles. The Balaban J connectivity index is 1.21. The van der Waals surface area contributed by atoms with E-state index < -0.39 is 5.97 Å². The van der Waals surface area contributed by atoms with Crippen molar-refractivity contribution in [3.8, 4) is 0 Å². The van der Waals surface area contributed by atoms with Crippen LogP contribution in [0.3, 0.4) is 0 Å². The highest BCUT2D eigenvalue weighted by Gasteiger charge is 2.23. The smallest absolute Gasteiger partial charge is 0.328 e. The third kappa shape index (κ3) is 4.80. The van der Waals surface area contributed by atoms with Crippen LogP contribution in [-0.2, 0) is 27.3 Å². The summed E-state index contributed by atoms with van der Waals surface area (Å²) in [5.74, 6) is -0.0440. The second-order valence-corrected chi connectivity index (χ2v) is 7.41. The minimum Gasteiger partial charge on any atom is -0.454 e. The summed E-state index contributed by atoms with van der Waals surface area (Å²) in [6.45, 7) is 1.13. The van der Waals surface area contributed by atoms with Crippen LogP contribution in [0.1, 0.15) is 18.4 Å². The molecule has 0 saturated carbocycles. The van der Waals surface area contributed by atoms with Crippen LogP contribution in [0.25, 0.3) is 11.0 Å². The molecule has 0 N–H and O–H groups in total. The first kappa shape index (κ1) is 19.1. The normalized spacial score (nSPS) is 14.8. The van der Waals surface area contributed by atoms with Crippen molar-refractivity contribution in [1.29, 1.82) is 0 Å². The lowest BCUT2D eigenvalue weighted by Crippen LogP contribution is -2.41. The third-order valence-electron chi connectivity index (χ3n) is 5.39. The first-order valence-corrected chi connectivity index (χ1v) is 9.94. The van der Waals surface area contributed by atoms with E-state index in [0.29, 0.717) is 19.0 Å². The quantitative estimate of drug-likeness (QED) is 0.602. The number of rotatable bonds is 6. The maximum Gasteiger partial charge on any atom is 0.328 e. The number of nitrogens with zero attached hydrogens (tertiary/aromatic N) is 4. The van der Waals surface area contributed by atoms with Gasteiger partial charge in [-0.2, -0.15) is 0 Å². The van der Waals surface area contributed by atoms with Crippen LogP contribution < -0.4 is 0 Å². The van der Waals surface area contributed by atoms with Crippen molar-refractivity contribution in [2.24, 2.45) is 5.92 Å². The van der Waals surface area contributed by atoms with Crippen molar-refractivity contribution in [3.05, 3.63) is 60.2 Å². The maximum atomic E-state index is 12.4. The topological polar surface area (TPSA) is 77.3 Å². The number of aromatic nitrogens is 3. The second-order valence-electron chi connectivity index (χ2n) is 7.41. The lowest BCUT2D eigenvalue weighted by molar-refractivity contribution is -0.153. The maximum absolute atomic E-state index is 12.4. The van der Waals surface area contributed by atoms with Gasteiger partial charge in [-0.15, -0.1) is 5.10 Å². The minimum atomic E-state index is -0.493. The Kier molecular flexibility index (Phi) is 5.84. The summed E-state index contributed by atoms with van der Waals surface area (Å²) in [7, 11) is 0. The number of hydrogen-bond acceptors (Lipinski definition) is 5. The van der Waals surface area contributed by atoms with Crippen LogP contribution in [0.4, 0.5) is 0 Å². The van der Waals surface area contributed by atoms with Crippen molar-refractivity contribution >= 4 is 22.9 Å². The molecule has 1 aliphatic rings. The Morgan fingerprint density at radius 2 is 1.72 bits per heavy atom. The van der Waals surface area contributed by atoms with Crippen LogP contribution in [0.5, 0.6) is 0 Å². The summed E-state index contributed by atoms with van der Waals surface area (Å²) in [4.78, 5) is 26.3. The molecule has 7 heteroatoms. The summed E-state index contributed by atoms with van der Waals surface area (Å²) < 4.78 is 6.67. The fraction of sp³-hybridized carbons (Fsp3) is 0.364. The zero-order valence-electron chi connectivity index (χ0n) is 16.2. The number of likely N-dealkylation sites (tertiary alicyclic amines) is 1. The van der Waals surface area contributed by atoms with E-state index in [9.17, 15) is 9.59 Å². The van der Waals surface area contributed by atoms with Crippen LogP contribution in [0.2, 0.25) is 0 Å². The molecular weight excluding hydrogens is 368 g/mol. The molecule has 0 unspecified atom stereocenters. The second kappa shape index (κ2) is 8.86. The van der Waals surface area contributed by atoms with Crippen molar-refractivity contribution in [1.82, 2.24) is 19.9 Å². The first-order chi connectivity index (χ1) is 14.2. The summed E-state index contributed by atoms with van der Waals surface area (Å²) in [6.07, 6.45) is 2.99. The standard InChI is InChI=1S/C22H24N4O3/c27-21(25-12-10-18(11-13-25)14-17-6-2-1-3-7-17)16-29-22(28)15-26-20-9-5-4-8-19(20)23-24-26/h1-9,18H,10-16H2. The van der Waals surface area contributed by atoms with Gasteiger partial charge in [0.25, 0.3) is 5.91 Å². The molecule has 1 aromatic heterocycles. The molecule has 1 amide bonds. The Morgan fingerprint density at radius 3 is 2.52 bits per heavy atom. The number of fused-ring (bicyclic) bond motifs is 1. The summed E-state index contributed by atoms with van der Waals surface area (Å²) in [5, 5.41) is 7.97. The molecule has 0 aliphatic carbocycles. The number of carbonyl (C=O) groups excluding carboxylic acids is 2. The Labute approximate surface area is 169 Å². The van der Waals surface area contributed by atoms with E-state index in [1.807, 2.05) is 30.3 Å². The highest BCUT2D eigenvalue weighted by Crippen LogP contribution is 2.21. The number of ether oxygens (including phenoxy) is 1. The predicted octanol–water partition coefficient (Wildman–Crippen LogP) is 2.46. The average Bonchev–Trinajstić information content (AvgIpc) is 3.16. The molecular formula is C22H24N4O3. The van der Waals surface area contributed by atoms with Crippen LogP contribution in [0.15, 0.2) is 54.6 Å². The van der Waals surface area contributed by atoms with Gasteiger partial charge in [-0.25, -0.2) is 4.68 Å². The van der Waals surface area contributed by atoms with Crippen LogP contribution in [-0.4, -0.2) is 51.5 Å². The Bertz CT molecular complexity index is 978. The van der Waals surface area contributed by atoms with Crippen molar-refractivity contribution in [2.45, 2.75) is 25.8 Å². The Morgan fingerprint density at radius 1 is 1.00 bits per heavy atom. The minimum absolute atomic E-state index is 0.0626. The lowest BCUT2D eigenvalue weighted by Gasteiger charge is -2.32. The zero-order valence-corrected chi connectivity index (χ0v) is 16.2. The average molecular weight is 392 g/mol.